The molecule has 2 amide bonds. The van der Waals surface area contributed by atoms with Crippen molar-refractivity contribution in [2.45, 2.75) is 130 Å². The molecule has 4 aromatic heterocycles. The Bertz CT molecular complexity index is 4250. The number of nitriles is 4. The molecule has 8 atom stereocenters. The Morgan fingerprint density at radius 1 is 0.495 bits per heavy atom. The molecule has 0 radical (unpaired) electrons. The summed E-state index contributed by atoms with van der Waals surface area (Å²) in [6, 6.07) is 27.8. The van der Waals surface area contributed by atoms with E-state index in [0.717, 1.165) is 91.3 Å². The van der Waals surface area contributed by atoms with Crippen molar-refractivity contribution in [3.05, 3.63) is 148 Å². The van der Waals surface area contributed by atoms with Gasteiger partial charge in [-0.3, -0.25) is 19.9 Å². The Kier molecular flexibility index (Phi) is 25.4. The maximum atomic E-state index is 14.5. The number of nitrogens with two attached hydrogens (primary N) is 2. The topological polar surface area (TPSA) is 297 Å². The molecule has 0 unspecified atom stereocenters. The number of aromatic nitrogens is 4. The predicted molar refractivity (Wildman–Crippen MR) is 380 cm³/mol. The number of hydrogen-bond acceptors (Lipinski definition) is 18. The fraction of sp³-hybridized carbons (Fsp3) is 0.432. The van der Waals surface area contributed by atoms with Gasteiger partial charge in [0.25, 0.3) is 0 Å². The summed E-state index contributed by atoms with van der Waals surface area (Å²) in [4.78, 5) is 46.5. The molecule has 7 N–H and O–H groups in total. The van der Waals surface area contributed by atoms with Crippen molar-refractivity contribution < 1.29 is 36.6 Å². The first-order valence-corrected chi connectivity index (χ1v) is 33.8. The van der Waals surface area contributed by atoms with E-state index in [1.54, 1.807) is 48.9 Å². The summed E-state index contributed by atoms with van der Waals surface area (Å²) in [5, 5.41) is 48.5. The molecular formula is C74H85BrF4N16O4. The first-order valence-electron chi connectivity index (χ1n) is 33.0. The number of fused-ring (bicyclic) bond motifs is 4. The second kappa shape index (κ2) is 33.4. The zero-order valence-electron chi connectivity index (χ0n) is 57.4. The SMILES string of the molecule is C[C@@H]1CNC[C@H](NC(=O)OC(C)(C)C)C1.C[C@H]1C[C@@H](N)CN(c2cc(F)c(C#N)c3ncccc23)C1.C[C@H]1C[C@@H](N)CN(c2cc(F)c(C#N)c3ncccc23)C1.C[C@H]1C[C@@H](NC(=O)OC(C)(C)C)CN(c2cc(F)c(C#N)c3ncccc23)C1.N#Cc1c(F)cc(Br)c2cccnc12. The highest BCUT2D eigenvalue weighted by Crippen LogP contribution is 2.37. The number of halogens is 5. The molecule has 4 aliphatic heterocycles. The number of pyridine rings is 4. The predicted octanol–water partition coefficient (Wildman–Crippen LogP) is 13.3. The maximum absolute atomic E-state index is 14.5. The lowest BCUT2D eigenvalue weighted by Gasteiger charge is -2.39. The average Bonchev–Trinajstić information content (AvgIpc) is 0.789. The van der Waals surface area contributed by atoms with Crippen LogP contribution >= 0.6 is 15.9 Å². The van der Waals surface area contributed by atoms with Gasteiger partial charge in [-0.05, 0) is 180 Å². The van der Waals surface area contributed by atoms with E-state index in [1.165, 1.54) is 30.5 Å². The third-order valence-electron chi connectivity index (χ3n) is 16.8. The van der Waals surface area contributed by atoms with Crippen molar-refractivity contribution >= 4 is 88.8 Å². The van der Waals surface area contributed by atoms with E-state index in [-0.39, 0.29) is 52.5 Å². The minimum Gasteiger partial charge on any atom is -0.444 e. The highest BCUT2D eigenvalue weighted by atomic mass is 79.9. The first kappa shape index (κ1) is 75.3. The van der Waals surface area contributed by atoms with Crippen LogP contribution in [-0.4, -0.2) is 120 Å². The number of nitrogens with zero attached hydrogens (tertiary/aromatic N) is 11. The van der Waals surface area contributed by atoms with Crippen LogP contribution in [0.15, 0.2) is 102 Å². The van der Waals surface area contributed by atoms with Crippen molar-refractivity contribution in [2.24, 2.45) is 35.1 Å². The highest BCUT2D eigenvalue weighted by Gasteiger charge is 2.32. The number of benzene rings is 4. The lowest BCUT2D eigenvalue weighted by molar-refractivity contribution is 0.0481. The second-order valence-electron chi connectivity index (χ2n) is 28.0. The normalized spacial score (nSPS) is 20.6. The summed E-state index contributed by atoms with van der Waals surface area (Å²) in [5.41, 5.74) is 15.0. The summed E-state index contributed by atoms with van der Waals surface area (Å²) in [6.45, 7) is 25.8. The van der Waals surface area contributed by atoms with Crippen LogP contribution in [0, 0.1) is 92.3 Å². The van der Waals surface area contributed by atoms with Gasteiger partial charge in [0.05, 0.1) is 22.1 Å². The zero-order chi connectivity index (χ0) is 72.0. The van der Waals surface area contributed by atoms with Crippen LogP contribution in [0.3, 0.4) is 0 Å². The molecule has 4 fully saturated rings. The van der Waals surface area contributed by atoms with E-state index >= 15 is 0 Å². The van der Waals surface area contributed by atoms with E-state index in [1.807, 2.05) is 88.9 Å². The van der Waals surface area contributed by atoms with Gasteiger partial charge in [0, 0.05) is 138 Å². The summed E-state index contributed by atoms with van der Waals surface area (Å²) in [5.74, 6) is -0.365. The summed E-state index contributed by atoms with van der Waals surface area (Å²) in [7, 11) is 0. The Hall–Kier alpha value is -9.50. The van der Waals surface area contributed by atoms with Gasteiger partial charge in [-0.2, -0.15) is 21.0 Å². The minimum atomic E-state index is -0.585. The number of alkyl carbamates (subject to hydrolysis) is 2. The molecule has 0 spiro atoms. The number of piperidine rings is 4. The van der Waals surface area contributed by atoms with E-state index < -0.39 is 40.6 Å². The number of rotatable bonds is 5. The van der Waals surface area contributed by atoms with Crippen LogP contribution in [-0.2, 0) is 9.47 Å². The molecule has 8 heterocycles. The molecule has 4 aromatic carbocycles. The van der Waals surface area contributed by atoms with Gasteiger partial charge in [0.15, 0.2) is 0 Å². The van der Waals surface area contributed by atoms with Gasteiger partial charge >= 0.3 is 12.2 Å². The number of anilines is 3. The van der Waals surface area contributed by atoms with Crippen LogP contribution in [0.25, 0.3) is 43.6 Å². The lowest BCUT2D eigenvalue weighted by Crippen LogP contribution is -2.51. The van der Waals surface area contributed by atoms with Crippen LogP contribution in [0.4, 0.5) is 44.2 Å². The molecule has 520 valence electrons. The molecule has 0 bridgehead atoms. The zero-order valence-corrected chi connectivity index (χ0v) is 59.0. The van der Waals surface area contributed by atoms with E-state index in [2.05, 4.69) is 89.3 Å². The Balaban J connectivity index is 0.000000161. The van der Waals surface area contributed by atoms with Gasteiger partial charge in [0.2, 0.25) is 0 Å². The van der Waals surface area contributed by atoms with Crippen molar-refractivity contribution in [2.75, 3.05) is 67.1 Å². The van der Waals surface area contributed by atoms with Crippen LogP contribution in [0.5, 0.6) is 0 Å². The molecule has 0 saturated carbocycles. The maximum Gasteiger partial charge on any atom is 0.407 e. The summed E-state index contributed by atoms with van der Waals surface area (Å²) in [6.07, 6.45) is 9.27. The number of carbonyl (C=O) groups excluding carboxylic acids is 2. The van der Waals surface area contributed by atoms with E-state index in [0.29, 0.717) is 75.5 Å². The molecule has 8 aromatic rings. The molecule has 99 heavy (non-hydrogen) atoms. The molecular weight excluding hydrogens is 1330 g/mol. The van der Waals surface area contributed by atoms with Crippen molar-refractivity contribution in [1.29, 1.82) is 21.0 Å². The standard InChI is InChI=1S/C21H25FN4O2.2C16H17FN4.C11H22N2O2.C10H4BrFN2/c1-13-8-14(25-20(27)28-21(2,3)4)12-26(11-13)18-9-17(22)16(10-23)19-15(18)6-5-7-24-19;2*1-10-5-11(19)9-21(8-10)15-6-14(17)13(7-18)16-12(15)3-2-4-20-16;1-8-5-9(7-12-6-8)13-10(14)15-11(2,3)4;11-8-4-9(12)7(5-13)10-6(8)2-1-3-14-10/h5-7,9,13-14H,8,11-12H2,1-4H3,(H,25,27);2*2-4,6,10-11H,5,8-9,19H2,1H3;8-9,12H,5-7H2,1-4H3,(H,13,14);1-4H/t13-,14+;2*10-,11+;8-,9+;/m0000./s1. The number of hydrogen-bond donors (Lipinski definition) is 5. The average molecular weight is 1420 g/mol. The first-order chi connectivity index (χ1) is 47.0. The molecule has 12 rings (SSSR count). The Morgan fingerprint density at radius 3 is 1.17 bits per heavy atom. The molecule has 20 nitrogen and oxygen atoms in total. The van der Waals surface area contributed by atoms with Crippen LogP contribution < -0.4 is 42.1 Å². The van der Waals surface area contributed by atoms with Gasteiger partial charge in [-0.15, -0.1) is 0 Å². The third kappa shape index (κ3) is 19.9. The molecule has 4 aliphatic rings. The Labute approximate surface area is 583 Å². The van der Waals surface area contributed by atoms with Crippen molar-refractivity contribution in [1.82, 2.24) is 35.9 Å². The lowest BCUT2D eigenvalue weighted by atomic mass is 9.94. The fourth-order valence-corrected chi connectivity index (χ4v) is 13.5. The number of ether oxygens (including phenoxy) is 2. The van der Waals surface area contributed by atoms with Gasteiger partial charge < -0.3 is 51.6 Å². The summed E-state index contributed by atoms with van der Waals surface area (Å²) >= 11 is 3.22. The quantitative estimate of drug-likeness (QED) is 0.100. The molecule has 0 aliphatic carbocycles. The smallest absolute Gasteiger partial charge is 0.407 e. The van der Waals surface area contributed by atoms with E-state index in [9.17, 15) is 32.4 Å². The number of nitrogens with one attached hydrogen (secondary N) is 3. The van der Waals surface area contributed by atoms with Gasteiger partial charge in [-0.1, -0.05) is 33.8 Å². The van der Waals surface area contributed by atoms with Crippen molar-refractivity contribution in [3.63, 3.8) is 0 Å². The van der Waals surface area contributed by atoms with Gasteiger partial charge in [-0.25, -0.2) is 27.2 Å². The van der Waals surface area contributed by atoms with E-state index in [4.69, 9.17) is 36.7 Å². The molecule has 25 heteroatoms. The largest absolute Gasteiger partial charge is 0.444 e. The number of amides is 2. The monoisotopic (exact) mass is 1420 g/mol. The van der Waals surface area contributed by atoms with Crippen molar-refractivity contribution in [3.8, 4) is 24.3 Å². The number of carbonyl (C=O) groups is 2. The van der Waals surface area contributed by atoms with Crippen LogP contribution in [0.1, 0.15) is 117 Å². The third-order valence-corrected chi connectivity index (χ3v) is 17.4. The van der Waals surface area contributed by atoms with Crippen LogP contribution in [0.2, 0.25) is 0 Å². The molecule has 4 saturated heterocycles. The fourth-order valence-electron chi connectivity index (χ4n) is 13.0. The second-order valence-corrected chi connectivity index (χ2v) is 28.8. The summed E-state index contributed by atoms with van der Waals surface area (Å²) < 4.78 is 67.4. The Morgan fingerprint density at radius 2 is 0.818 bits per heavy atom. The highest BCUT2D eigenvalue weighted by molar-refractivity contribution is 9.10. The van der Waals surface area contributed by atoms with Gasteiger partial charge in [0.1, 0.15) is 81.0 Å². The minimum absolute atomic E-state index is 0.00343.